The second-order valence-electron chi connectivity index (χ2n) is 3.58. The number of sulfone groups is 1. The van der Waals surface area contributed by atoms with Gasteiger partial charge in [0.15, 0.2) is 0 Å². The lowest BCUT2D eigenvalue weighted by atomic mass is 10.2. The Labute approximate surface area is 90.8 Å². The van der Waals surface area contributed by atoms with Gasteiger partial charge in [-0.2, -0.15) is 0 Å². The van der Waals surface area contributed by atoms with E-state index in [1.165, 1.54) is 6.26 Å². The molecule has 0 bridgehead atoms. The van der Waals surface area contributed by atoms with E-state index in [4.69, 9.17) is 5.11 Å². The van der Waals surface area contributed by atoms with Crippen LogP contribution >= 0.6 is 0 Å². The normalized spacial score (nSPS) is 11.5. The number of hydrogen-bond acceptors (Lipinski definition) is 4. The van der Waals surface area contributed by atoms with Gasteiger partial charge < -0.3 is 10.4 Å². The Morgan fingerprint density at radius 2 is 1.80 bits per heavy atom. The second-order valence-corrected chi connectivity index (χ2v) is 5.84. The summed E-state index contributed by atoms with van der Waals surface area (Å²) in [5.74, 6) is -0.568. The van der Waals surface area contributed by atoms with Crippen LogP contribution in [0.2, 0.25) is 0 Å². The first kappa shape index (κ1) is 14.4. The fourth-order valence-corrected chi connectivity index (χ4v) is 1.78. The molecule has 0 fully saturated rings. The quantitative estimate of drug-likeness (QED) is 0.562. The van der Waals surface area contributed by atoms with Crippen LogP contribution in [-0.4, -0.2) is 44.6 Å². The summed E-state index contributed by atoms with van der Waals surface area (Å²) >= 11 is 0. The Bertz CT molecular complexity index is 274. The van der Waals surface area contributed by atoms with E-state index in [-0.39, 0.29) is 12.2 Å². The van der Waals surface area contributed by atoms with Crippen molar-refractivity contribution in [2.75, 3.05) is 25.1 Å². The summed E-state index contributed by atoms with van der Waals surface area (Å²) in [6, 6.07) is 0. The maximum Gasteiger partial charge on any atom is 0.303 e. The van der Waals surface area contributed by atoms with E-state index in [1.807, 2.05) is 0 Å². The summed E-state index contributed by atoms with van der Waals surface area (Å²) in [4.78, 5) is 10.2. The minimum absolute atomic E-state index is 0.199. The number of carbonyl (C=O) groups is 1. The molecule has 0 spiro atoms. The van der Waals surface area contributed by atoms with Crippen molar-refractivity contribution in [2.45, 2.75) is 25.7 Å². The number of nitrogens with one attached hydrogen (secondary N) is 1. The van der Waals surface area contributed by atoms with Crippen LogP contribution in [0.3, 0.4) is 0 Å². The summed E-state index contributed by atoms with van der Waals surface area (Å²) in [5, 5.41) is 11.4. The van der Waals surface area contributed by atoms with Gasteiger partial charge in [-0.25, -0.2) is 8.42 Å². The molecule has 0 aromatic heterocycles. The summed E-state index contributed by atoms with van der Waals surface area (Å²) in [6.07, 6.45) is 3.50. The molecule has 0 rings (SSSR count). The summed E-state index contributed by atoms with van der Waals surface area (Å²) < 4.78 is 21.5. The number of carboxylic acid groups (broad SMARTS) is 1. The molecule has 0 heterocycles. The Morgan fingerprint density at radius 3 is 2.33 bits per heavy atom. The van der Waals surface area contributed by atoms with Gasteiger partial charge in [-0.1, -0.05) is 0 Å². The van der Waals surface area contributed by atoms with Crippen molar-refractivity contribution in [3.63, 3.8) is 0 Å². The minimum atomic E-state index is -2.85. The van der Waals surface area contributed by atoms with Crippen molar-refractivity contribution < 1.29 is 18.3 Å². The number of aliphatic carboxylic acids is 1. The third-order valence-electron chi connectivity index (χ3n) is 1.86. The lowest BCUT2D eigenvalue weighted by Gasteiger charge is -2.03. The maximum atomic E-state index is 10.7. The van der Waals surface area contributed by atoms with Gasteiger partial charge in [-0.15, -0.1) is 0 Å². The van der Waals surface area contributed by atoms with Crippen LogP contribution in [0.1, 0.15) is 25.7 Å². The number of carboxylic acids is 1. The van der Waals surface area contributed by atoms with Crippen LogP contribution in [0.15, 0.2) is 0 Å². The average Bonchev–Trinajstić information content (AvgIpc) is 2.07. The van der Waals surface area contributed by atoms with Crippen LogP contribution in [0.4, 0.5) is 0 Å². The van der Waals surface area contributed by atoms with E-state index >= 15 is 0 Å². The van der Waals surface area contributed by atoms with Crippen molar-refractivity contribution in [2.24, 2.45) is 0 Å². The van der Waals surface area contributed by atoms with Crippen LogP contribution in [0.25, 0.3) is 0 Å². The molecule has 0 saturated heterocycles. The molecule has 0 aromatic carbocycles. The topological polar surface area (TPSA) is 83.5 Å². The van der Waals surface area contributed by atoms with Gasteiger partial charge in [-0.05, 0) is 32.4 Å². The molecular weight excluding hydrogens is 218 g/mol. The molecule has 0 radical (unpaired) electrons. The summed E-state index contributed by atoms with van der Waals surface area (Å²) in [5.41, 5.74) is 0. The number of hydrogen-bond donors (Lipinski definition) is 2. The van der Waals surface area contributed by atoms with Gasteiger partial charge in [0.05, 0.1) is 5.75 Å². The molecule has 0 amide bonds. The van der Waals surface area contributed by atoms with Crippen LogP contribution in [-0.2, 0) is 14.6 Å². The molecule has 0 aliphatic heterocycles. The lowest BCUT2D eigenvalue weighted by molar-refractivity contribution is -0.137. The van der Waals surface area contributed by atoms with E-state index in [0.29, 0.717) is 19.4 Å². The molecule has 2 N–H and O–H groups in total. The maximum absolute atomic E-state index is 10.7. The lowest BCUT2D eigenvalue weighted by Crippen LogP contribution is -2.19. The highest BCUT2D eigenvalue weighted by Crippen LogP contribution is 1.93. The molecule has 5 nitrogen and oxygen atoms in total. The van der Waals surface area contributed by atoms with Gasteiger partial charge in [0.1, 0.15) is 9.84 Å². The van der Waals surface area contributed by atoms with E-state index in [1.54, 1.807) is 0 Å². The Balaban J connectivity index is 3.16. The summed E-state index contributed by atoms with van der Waals surface area (Å²) in [7, 11) is -2.85. The van der Waals surface area contributed by atoms with Crippen molar-refractivity contribution >= 4 is 15.8 Å². The zero-order valence-corrected chi connectivity index (χ0v) is 9.85. The van der Waals surface area contributed by atoms with E-state index < -0.39 is 15.8 Å². The van der Waals surface area contributed by atoms with E-state index in [2.05, 4.69) is 5.32 Å². The van der Waals surface area contributed by atoms with Crippen molar-refractivity contribution in [3.8, 4) is 0 Å². The smallest absolute Gasteiger partial charge is 0.303 e. The number of unbranched alkanes of at least 4 members (excludes halogenated alkanes) is 1. The highest BCUT2D eigenvalue weighted by Gasteiger charge is 2.00. The summed E-state index contributed by atoms with van der Waals surface area (Å²) in [6.45, 7) is 1.41. The monoisotopic (exact) mass is 237 g/mol. The zero-order valence-electron chi connectivity index (χ0n) is 9.03. The third-order valence-corrected chi connectivity index (χ3v) is 2.89. The molecule has 0 atom stereocenters. The van der Waals surface area contributed by atoms with Gasteiger partial charge in [-0.3, -0.25) is 4.79 Å². The fraction of sp³-hybridized carbons (Fsp3) is 0.889. The molecule has 0 unspecified atom stereocenters. The average molecular weight is 237 g/mol. The van der Waals surface area contributed by atoms with Crippen molar-refractivity contribution in [1.29, 1.82) is 0 Å². The zero-order chi connectivity index (χ0) is 11.7. The van der Waals surface area contributed by atoms with Crippen LogP contribution in [0.5, 0.6) is 0 Å². The first-order valence-corrected chi connectivity index (χ1v) is 7.08. The minimum Gasteiger partial charge on any atom is -0.481 e. The molecule has 0 aliphatic rings. The molecular formula is C9H19NO4S. The fourth-order valence-electron chi connectivity index (χ4n) is 1.11. The van der Waals surface area contributed by atoms with Gasteiger partial charge >= 0.3 is 5.97 Å². The van der Waals surface area contributed by atoms with E-state index in [0.717, 1.165) is 13.0 Å². The molecule has 0 aromatic rings. The largest absolute Gasteiger partial charge is 0.481 e. The highest BCUT2D eigenvalue weighted by atomic mass is 32.2. The predicted octanol–water partition coefficient (Wildman–Crippen LogP) is 0.266. The van der Waals surface area contributed by atoms with E-state index in [9.17, 15) is 13.2 Å². The Hall–Kier alpha value is -0.620. The first-order valence-electron chi connectivity index (χ1n) is 5.02. The van der Waals surface area contributed by atoms with Crippen molar-refractivity contribution in [1.82, 2.24) is 5.32 Å². The second kappa shape index (κ2) is 7.64. The third kappa shape index (κ3) is 13.4. The first-order chi connectivity index (χ1) is 6.92. The molecule has 0 aliphatic carbocycles. The predicted molar refractivity (Wildman–Crippen MR) is 58.7 cm³/mol. The standard InChI is InChI=1S/C9H19NO4S/c1-15(13,14)8-4-7-10-6-3-2-5-9(11)12/h10H,2-8H2,1H3,(H,11,12). The number of rotatable bonds is 9. The van der Waals surface area contributed by atoms with Crippen molar-refractivity contribution in [3.05, 3.63) is 0 Å². The highest BCUT2D eigenvalue weighted by molar-refractivity contribution is 7.90. The van der Waals surface area contributed by atoms with Crippen LogP contribution in [0, 0.1) is 0 Å². The molecule has 90 valence electrons. The van der Waals surface area contributed by atoms with Gasteiger partial charge in [0.25, 0.3) is 0 Å². The van der Waals surface area contributed by atoms with Gasteiger partial charge in [0, 0.05) is 12.7 Å². The Kier molecular flexibility index (Phi) is 7.33. The Morgan fingerprint density at radius 1 is 1.20 bits per heavy atom. The SMILES string of the molecule is CS(=O)(=O)CCCNCCCCC(=O)O. The molecule has 0 saturated carbocycles. The van der Waals surface area contributed by atoms with Crippen LogP contribution < -0.4 is 5.32 Å². The molecule has 15 heavy (non-hydrogen) atoms. The molecule has 6 heteroatoms. The van der Waals surface area contributed by atoms with Gasteiger partial charge in [0.2, 0.25) is 0 Å².